The molecule has 5 nitrogen and oxygen atoms in total. The Morgan fingerprint density at radius 2 is 1.58 bits per heavy atom. The number of hydrogen-bond donors (Lipinski definition) is 0. The molecule has 0 N–H and O–H groups in total. The van der Waals surface area contributed by atoms with E-state index >= 15 is 0 Å². The molecule has 26 heavy (non-hydrogen) atoms. The van der Waals surface area contributed by atoms with Crippen LogP contribution in [0.1, 0.15) is 12.6 Å². The lowest BCUT2D eigenvalue weighted by Gasteiger charge is -2.07. The Morgan fingerprint density at radius 3 is 2.15 bits per heavy atom. The molecule has 0 unspecified atom stereocenters. The topological polar surface area (TPSA) is 52.7 Å². The van der Waals surface area contributed by atoms with Crippen LogP contribution in [0.25, 0.3) is 22.4 Å². The first-order valence-corrected chi connectivity index (χ1v) is 8.56. The Morgan fingerprint density at radius 1 is 0.923 bits per heavy atom. The number of aromatic nitrogens is 4. The number of benzene rings is 2. The van der Waals surface area contributed by atoms with Gasteiger partial charge in [0.15, 0.2) is 0 Å². The van der Waals surface area contributed by atoms with E-state index in [1.165, 1.54) is 9.36 Å². The van der Waals surface area contributed by atoms with Crippen molar-refractivity contribution in [3.63, 3.8) is 0 Å². The average molecular weight is 342 g/mol. The zero-order valence-electron chi connectivity index (χ0n) is 14.4. The molecular formula is C21H18N4O. The highest BCUT2D eigenvalue weighted by Crippen LogP contribution is 2.34. The first-order valence-electron chi connectivity index (χ1n) is 8.56. The highest BCUT2D eigenvalue weighted by Gasteiger charge is 2.23. The average Bonchev–Trinajstić information content (AvgIpc) is 3.36. The highest BCUT2D eigenvalue weighted by atomic mass is 16.2. The van der Waals surface area contributed by atoms with Gasteiger partial charge in [0.2, 0.25) is 0 Å². The molecule has 0 spiro atoms. The Labute approximate surface area is 151 Å². The van der Waals surface area contributed by atoms with Crippen LogP contribution in [0.3, 0.4) is 0 Å². The number of nitrogens with zero attached hydrogens (tertiary/aromatic N) is 4. The smallest absolute Gasteiger partial charge is 0.244 e. The van der Waals surface area contributed by atoms with E-state index in [9.17, 15) is 4.79 Å². The maximum atomic E-state index is 12.9. The second kappa shape index (κ2) is 6.80. The minimum atomic E-state index is -0.286. The van der Waals surface area contributed by atoms with Crippen LogP contribution in [-0.2, 0) is 6.42 Å². The molecule has 2 aromatic carbocycles. The molecule has 0 aliphatic rings. The molecule has 0 amide bonds. The Balaban J connectivity index is 1.97. The fraction of sp³-hybridized carbons (Fsp3) is 0.0952. The minimum absolute atomic E-state index is 0.286. The minimum Gasteiger partial charge on any atom is -0.244 e. The van der Waals surface area contributed by atoms with Crippen molar-refractivity contribution in [3.8, 4) is 22.4 Å². The lowest BCUT2D eigenvalue weighted by atomic mass is 9.98. The molecule has 0 fully saturated rings. The Kier molecular flexibility index (Phi) is 4.19. The molecule has 0 aliphatic carbocycles. The number of carbonyl (C=O) groups is 1. The van der Waals surface area contributed by atoms with E-state index in [4.69, 9.17) is 0 Å². The predicted molar refractivity (Wildman–Crippen MR) is 101 cm³/mol. The van der Waals surface area contributed by atoms with Crippen LogP contribution < -0.4 is 0 Å². The summed E-state index contributed by atoms with van der Waals surface area (Å²) in [5.41, 5.74) is 4.68. The van der Waals surface area contributed by atoms with E-state index in [1.54, 1.807) is 18.5 Å². The molecule has 2 aromatic heterocycles. The molecule has 128 valence electrons. The van der Waals surface area contributed by atoms with Crippen molar-refractivity contribution in [2.45, 2.75) is 13.3 Å². The first-order chi connectivity index (χ1) is 12.8. The number of hydrogen-bond acceptors (Lipinski definition) is 3. The van der Waals surface area contributed by atoms with E-state index in [2.05, 4.69) is 10.2 Å². The quantitative estimate of drug-likeness (QED) is 0.551. The summed E-state index contributed by atoms with van der Waals surface area (Å²) in [6.07, 6.45) is 3.90. The maximum Gasteiger partial charge on any atom is 0.369 e. The van der Waals surface area contributed by atoms with Crippen molar-refractivity contribution >= 4 is 6.03 Å². The normalized spacial score (nSPS) is 10.8. The first kappa shape index (κ1) is 16.0. The summed E-state index contributed by atoms with van der Waals surface area (Å²) in [4.78, 5) is 12.9. The van der Waals surface area contributed by atoms with Crippen LogP contribution in [-0.4, -0.2) is 25.6 Å². The van der Waals surface area contributed by atoms with Gasteiger partial charge in [-0.15, -0.1) is 0 Å². The molecular weight excluding hydrogens is 324 g/mol. The lowest BCUT2D eigenvalue weighted by Crippen LogP contribution is -2.23. The zero-order chi connectivity index (χ0) is 17.9. The third-order valence-corrected chi connectivity index (χ3v) is 4.31. The van der Waals surface area contributed by atoms with Gasteiger partial charge in [-0.3, -0.25) is 0 Å². The molecule has 0 aliphatic heterocycles. The summed E-state index contributed by atoms with van der Waals surface area (Å²) in [6.45, 7) is 2.03. The summed E-state index contributed by atoms with van der Waals surface area (Å²) in [7, 11) is 0. The van der Waals surface area contributed by atoms with Crippen LogP contribution in [0.4, 0.5) is 4.79 Å². The summed E-state index contributed by atoms with van der Waals surface area (Å²) >= 11 is 0. The van der Waals surface area contributed by atoms with Gasteiger partial charge < -0.3 is 0 Å². The van der Waals surface area contributed by atoms with Gasteiger partial charge in [-0.2, -0.15) is 19.6 Å². The lowest BCUT2D eigenvalue weighted by molar-refractivity contribution is 0.237. The molecule has 0 bridgehead atoms. The largest absolute Gasteiger partial charge is 0.369 e. The Hall–Kier alpha value is -3.47. The van der Waals surface area contributed by atoms with Crippen LogP contribution in [0.2, 0.25) is 0 Å². The van der Waals surface area contributed by atoms with Crippen molar-refractivity contribution in [3.05, 3.63) is 84.8 Å². The van der Waals surface area contributed by atoms with Crippen molar-refractivity contribution in [2.75, 3.05) is 0 Å². The molecule has 2 heterocycles. The van der Waals surface area contributed by atoms with Gasteiger partial charge in [0.25, 0.3) is 0 Å². The summed E-state index contributed by atoms with van der Waals surface area (Å²) < 4.78 is 2.77. The van der Waals surface area contributed by atoms with Crippen LogP contribution in [0.5, 0.6) is 0 Å². The second-order valence-corrected chi connectivity index (χ2v) is 5.90. The van der Waals surface area contributed by atoms with Gasteiger partial charge in [0, 0.05) is 23.5 Å². The molecule has 0 radical (unpaired) electrons. The molecule has 4 aromatic rings. The van der Waals surface area contributed by atoms with Gasteiger partial charge in [0.05, 0.1) is 5.69 Å². The summed E-state index contributed by atoms with van der Waals surface area (Å²) in [6, 6.07) is 21.5. The van der Waals surface area contributed by atoms with Crippen molar-refractivity contribution in [1.29, 1.82) is 0 Å². The van der Waals surface area contributed by atoms with E-state index in [-0.39, 0.29) is 6.03 Å². The SMILES string of the molecule is CCc1c(-c2ccccc2)c(-c2ccccc2)nn1C(=O)n1cccn1. The van der Waals surface area contributed by atoms with Crippen LogP contribution in [0, 0.1) is 0 Å². The monoisotopic (exact) mass is 342 g/mol. The molecule has 5 heteroatoms. The van der Waals surface area contributed by atoms with Crippen LogP contribution in [0.15, 0.2) is 79.1 Å². The van der Waals surface area contributed by atoms with Gasteiger partial charge >= 0.3 is 6.03 Å². The third-order valence-electron chi connectivity index (χ3n) is 4.31. The molecule has 0 atom stereocenters. The fourth-order valence-corrected chi connectivity index (χ4v) is 3.12. The fourth-order valence-electron chi connectivity index (χ4n) is 3.12. The summed E-state index contributed by atoms with van der Waals surface area (Å²) in [5.74, 6) is 0. The van der Waals surface area contributed by atoms with Crippen molar-refractivity contribution in [2.24, 2.45) is 0 Å². The van der Waals surface area contributed by atoms with E-state index < -0.39 is 0 Å². The molecule has 4 rings (SSSR count). The maximum absolute atomic E-state index is 12.9. The van der Waals surface area contributed by atoms with E-state index in [0.717, 1.165) is 28.1 Å². The molecule has 0 saturated heterocycles. The van der Waals surface area contributed by atoms with Gasteiger partial charge in [0.1, 0.15) is 5.69 Å². The van der Waals surface area contributed by atoms with Gasteiger partial charge in [-0.05, 0) is 18.1 Å². The highest BCUT2D eigenvalue weighted by molar-refractivity contribution is 5.88. The van der Waals surface area contributed by atoms with Gasteiger partial charge in [-0.25, -0.2) is 4.79 Å². The third kappa shape index (κ3) is 2.73. The molecule has 0 saturated carbocycles. The van der Waals surface area contributed by atoms with Crippen molar-refractivity contribution in [1.82, 2.24) is 19.6 Å². The second-order valence-electron chi connectivity index (χ2n) is 5.90. The number of rotatable bonds is 3. The number of carbonyl (C=O) groups excluding carboxylic acids is 1. The predicted octanol–water partition coefficient (Wildman–Crippen LogP) is 4.49. The standard InChI is InChI=1S/C21H18N4O/c1-2-18-19(16-10-5-3-6-11-16)20(17-12-7-4-8-13-17)23-25(18)21(26)24-15-9-14-22-24/h3-15H,2H2,1H3. The Bertz CT molecular complexity index is 1020. The van der Waals surface area contributed by atoms with E-state index in [1.807, 2.05) is 67.6 Å². The van der Waals surface area contributed by atoms with Crippen molar-refractivity contribution < 1.29 is 4.79 Å². The zero-order valence-corrected chi connectivity index (χ0v) is 14.4. The van der Waals surface area contributed by atoms with Crippen LogP contribution >= 0.6 is 0 Å². The summed E-state index contributed by atoms with van der Waals surface area (Å²) in [5, 5.41) is 8.75. The van der Waals surface area contributed by atoms with Gasteiger partial charge in [-0.1, -0.05) is 67.6 Å². The van der Waals surface area contributed by atoms with E-state index in [0.29, 0.717) is 6.42 Å².